The topological polar surface area (TPSA) is 38.0 Å². The predicted molar refractivity (Wildman–Crippen MR) is 68.7 cm³/mol. The van der Waals surface area contributed by atoms with Gasteiger partial charge in [-0.05, 0) is 32.0 Å². The SMILES string of the molecule is Cc1ccc(C)n1-c1ccc([C@H](O)CCl)cn1. The molecule has 1 atom stereocenters. The molecule has 0 saturated carbocycles. The smallest absolute Gasteiger partial charge is 0.136 e. The largest absolute Gasteiger partial charge is 0.387 e. The molecule has 0 bridgehead atoms. The third kappa shape index (κ3) is 2.35. The van der Waals surface area contributed by atoms with E-state index in [1.807, 2.05) is 26.0 Å². The summed E-state index contributed by atoms with van der Waals surface area (Å²) in [4.78, 5) is 4.36. The standard InChI is InChI=1S/C13H15ClN2O/c1-9-3-4-10(2)16(9)13-6-5-11(8-15-13)12(17)7-14/h3-6,8,12,17H,7H2,1-2H3/t12-/m1/s1. The van der Waals surface area contributed by atoms with Crippen molar-refractivity contribution in [3.8, 4) is 5.82 Å². The van der Waals surface area contributed by atoms with E-state index in [1.54, 1.807) is 6.20 Å². The fourth-order valence-corrected chi connectivity index (χ4v) is 2.02. The van der Waals surface area contributed by atoms with Crippen LogP contribution in [0.1, 0.15) is 23.1 Å². The highest BCUT2D eigenvalue weighted by Crippen LogP contribution is 2.17. The highest BCUT2D eigenvalue weighted by Gasteiger charge is 2.08. The van der Waals surface area contributed by atoms with E-state index < -0.39 is 6.10 Å². The molecule has 0 aliphatic carbocycles. The first-order valence-electron chi connectivity index (χ1n) is 5.49. The molecule has 2 aromatic heterocycles. The number of aliphatic hydroxyl groups is 1. The van der Waals surface area contributed by atoms with Gasteiger partial charge in [-0.25, -0.2) is 4.98 Å². The molecule has 0 radical (unpaired) electrons. The maximum Gasteiger partial charge on any atom is 0.136 e. The lowest BCUT2D eigenvalue weighted by Gasteiger charge is -2.10. The zero-order valence-electron chi connectivity index (χ0n) is 9.89. The van der Waals surface area contributed by atoms with E-state index in [-0.39, 0.29) is 5.88 Å². The molecule has 2 rings (SSSR count). The van der Waals surface area contributed by atoms with Crippen molar-refractivity contribution in [2.24, 2.45) is 0 Å². The van der Waals surface area contributed by atoms with Gasteiger partial charge in [0.25, 0.3) is 0 Å². The molecule has 2 heterocycles. The molecule has 90 valence electrons. The molecule has 0 aromatic carbocycles. The van der Waals surface area contributed by atoms with Gasteiger partial charge in [-0.15, -0.1) is 11.6 Å². The Balaban J connectivity index is 2.36. The van der Waals surface area contributed by atoms with Crippen LogP contribution in [-0.4, -0.2) is 20.5 Å². The molecule has 0 fully saturated rings. The van der Waals surface area contributed by atoms with Crippen molar-refractivity contribution in [3.63, 3.8) is 0 Å². The van der Waals surface area contributed by atoms with Crippen molar-refractivity contribution < 1.29 is 5.11 Å². The summed E-state index contributed by atoms with van der Waals surface area (Å²) in [5.41, 5.74) is 3.02. The zero-order valence-corrected chi connectivity index (χ0v) is 10.6. The first-order chi connectivity index (χ1) is 8.13. The van der Waals surface area contributed by atoms with Crippen molar-refractivity contribution in [1.29, 1.82) is 0 Å². The quantitative estimate of drug-likeness (QED) is 0.851. The maximum absolute atomic E-state index is 9.58. The number of halogens is 1. The molecule has 0 amide bonds. The highest BCUT2D eigenvalue weighted by atomic mass is 35.5. The average molecular weight is 251 g/mol. The Bertz CT molecular complexity index is 485. The van der Waals surface area contributed by atoms with E-state index in [4.69, 9.17) is 11.6 Å². The van der Waals surface area contributed by atoms with Crippen molar-refractivity contribution in [2.45, 2.75) is 20.0 Å². The molecule has 0 aliphatic heterocycles. The minimum Gasteiger partial charge on any atom is -0.387 e. The average Bonchev–Trinajstić information content (AvgIpc) is 2.68. The second-order valence-electron chi connectivity index (χ2n) is 4.07. The maximum atomic E-state index is 9.58. The van der Waals surface area contributed by atoms with E-state index in [2.05, 4.69) is 21.7 Å². The summed E-state index contributed by atoms with van der Waals surface area (Å²) in [7, 11) is 0. The number of hydrogen-bond acceptors (Lipinski definition) is 2. The van der Waals surface area contributed by atoms with E-state index in [1.165, 1.54) is 0 Å². The minimum atomic E-state index is -0.648. The van der Waals surface area contributed by atoms with Crippen LogP contribution in [0.3, 0.4) is 0 Å². The summed E-state index contributed by atoms with van der Waals surface area (Å²) in [6.45, 7) is 4.08. The Morgan fingerprint density at radius 1 is 1.24 bits per heavy atom. The first kappa shape index (κ1) is 12.1. The number of aliphatic hydroxyl groups excluding tert-OH is 1. The van der Waals surface area contributed by atoms with E-state index in [0.29, 0.717) is 0 Å². The molecule has 0 unspecified atom stereocenters. The number of nitrogens with zero attached hydrogens (tertiary/aromatic N) is 2. The molecule has 1 N–H and O–H groups in total. The molecule has 0 aliphatic rings. The number of aryl methyl sites for hydroxylation is 2. The summed E-state index contributed by atoms with van der Waals surface area (Å²) in [5.74, 6) is 1.04. The van der Waals surface area contributed by atoms with Gasteiger partial charge < -0.3 is 9.67 Å². The van der Waals surface area contributed by atoms with Gasteiger partial charge in [0, 0.05) is 23.1 Å². The van der Waals surface area contributed by atoms with Crippen LogP contribution in [0.15, 0.2) is 30.5 Å². The minimum absolute atomic E-state index is 0.183. The molecular weight excluding hydrogens is 236 g/mol. The highest BCUT2D eigenvalue weighted by molar-refractivity contribution is 6.18. The van der Waals surface area contributed by atoms with Gasteiger partial charge in [0.1, 0.15) is 5.82 Å². The predicted octanol–water partition coefficient (Wildman–Crippen LogP) is 2.76. The van der Waals surface area contributed by atoms with E-state index in [9.17, 15) is 5.11 Å². The molecule has 4 heteroatoms. The van der Waals surface area contributed by atoms with E-state index in [0.717, 1.165) is 22.8 Å². The van der Waals surface area contributed by atoms with Crippen LogP contribution in [0, 0.1) is 13.8 Å². The van der Waals surface area contributed by atoms with Crippen LogP contribution in [0.4, 0.5) is 0 Å². The van der Waals surface area contributed by atoms with Gasteiger partial charge in [-0.1, -0.05) is 6.07 Å². The van der Waals surface area contributed by atoms with Crippen molar-refractivity contribution in [2.75, 3.05) is 5.88 Å². The third-order valence-corrected chi connectivity index (χ3v) is 3.09. The Morgan fingerprint density at radius 2 is 1.88 bits per heavy atom. The lowest BCUT2D eigenvalue weighted by atomic mass is 10.2. The van der Waals surface area contributed by atoms with Crippen molar-refractivity contribution in [3.05, 3.63) is 47.4 Å². The van der Waals surface area contributed by atoms with Gasteiger partial charge in [0.05, 0.1) is 12.0 Å². The third-order valence-electron chi connectivity index (χ3n) is 2.80. The van der Waals surface area contributed by atoms with E-state index >= 15 is 0 Å². The van der Waals surface area contributed by atoms with Crippen LogP contribution in [0.5, 0.6) is 0 Å². The first-order valence-corrected chi connectivity index (χ1v) is 6.02. The molecule has 3 nitrogen and oxygen atoms in total. The van der Waals surface area contributed by atoms with Crippen LogP contribution < -0.4 is 0 Å². The Labute approximate surface area is 106 Å². The van der Waals surface area contributed by atoms with Crippen LogP contribution >= 0.6 is 11.6 Å². The van der Waals surface area contributed by atoms with Crippen molar-refractivity contribution in [1.82, 2.24) is 9.55 Å². The Kier molecular flexibility index (Phi) is 3.50. The second-order valence-corrected chi connectivity index (χ2v) is 4.38. The fraction of sp³-hybridized carbons (Fsp3) is 0.308. The number of rotatable bonds is 3. The summed E-state index contributed by atoms with van der Waals surface area (Å²) in [6, 6.07) is 7.86. The fourth-order valence-electron chi connectivity index (χ4n) is 1.85. The summed E-state index contributed by atoms with van der Waals surface area (Å²) in [6.07, 6.45) is 1.02. The summed E-state index contributed by atoms with van der Waals surface area (Å²) >= 11 is 5.59. The Hall–Kier alpha value is -1.32. The Morgan fingerprint density at radius 3 is 2.35 bits per heavy atom. The van der Waals surface area contributed by atoms with Gasteiger partial charge in [0.2, 0.25) is 0 Å². The van der Waals surface area contributed by atoms with Crippen molar-refractivity contribution >= 4 is 11.6 Å². The van der Waals surface area contributed by atoms with Gasteiger partial charge in [-0.3, -0.25) is 0 Å². The molecule has 0 saturated heterocycles. The molecule has 2 aromatic rings. The van der Waals surface area contributed by atoms with Gasteiger partial charge in [0.15, 0.2) is 0 Å². The number of aromatic nitrogens is 2. The molecular formula is C13H15ClN2O. The normalized spacial score (nSPS) is 12.7. The lowest BCUT2D eigenvalue weighted by molar-refractivity contribution is 0.202. The summed E-state index contributed by atoms with van der Waals surface area (Å²) < 4.78 is 2.07. The van der Waals surface area contributed by atoms with Crippen LogP contribution in [0.2, 0.25) is 0 Å². The van der Waals surface area contributed by atoms with Crippen LogP contribution in [-0.2, 0) is 0 Å². The number of alkyl halides is 1. The number of hydrogen-bond donors (Lipinski definition) is 1. The second kappa shape index (κ2) is 4.90. The molecule has 0 spiro atoms. The lowest BCUT2D eigenvalue weighted by Crippen LogP contribution is -2.04. The van der Waals surface area contributed by atoms with Gasteiger partial charge in [-0.2, -0.15) is 0 Å². The van der Waals surface area contributed by atoms with Gasteiger partial charge >= 0.3 is 0 Å². The zero-order chi connectivity index (χ0) is 12.4. The summed E-state index contributed by atoms with van der Waals surface area (Å²) in [5, 5.41) is 9.58. The number of pyridine rings is 1. The monoisotopic (exact) mass is 250 g/mol. The van der Waals surface area contributed by atoms with Crippen LogP contribution in [0.25, 0.3) is 5.82 Å². The molecule has 17 heavy (non-hydrogen) atoms.